The summed E-state index contributed by atoms with van der Waals surface area (Å²) in [6.07, 6.45) is 1.80. The van der Waals surface area contributed by atoms with E-state index in [-0.39, 0.29) is 27.7 Å². The zero-order valence-electron chi connectivity index (χ0n) is 17.2. The summed E-state index contributed by atoms with van der Waals surface area (Å²) in [5.74, 6) is 0.221. The van der Waals surface area contributed by atoms with Gasteiger partial charge in [-0.05, 0) is 29.7 Å². The van der Waals surface area contributed by atoms with Crippen molar-refractivity contribution in [2.75, 3.05) is 0 Å². The van der Waals surface area contributed by atoms with Crippen molar-refractivity contribution in [3.8, 4) is 39.5 Å². The van der Waals surface area contributed by atoms with Gasteiger partial charge in [0.25, 0.3) is 0 Å². The Morgan fingerprint density at radius 2 is 1.40 bits per heavy atom. The first kappa shape index (κ1) is 21.7. The minimum atomic E-state index is -0.0251. The number of benzene rings is 2. The summed E-state index contributed by atoms with van der Waals surface area (Å²) >= 11 is 0. The van der Waals surface area contributed by atoms with Crippen LogP contribution in [0.25, 0.3) is 33.8 Å². The van der Waals surface area contributed by atoms with Crippen LogP contribution in [0.15, 0.2) is 79.0 Å². The monoisotopic (exact) mass is 437 g/mol. The average Bonchev–Trinajstić information content (AvgIpc) is 2.74. The Morgan fingerprint density at radius 3 is 2.07 bits per heavy atom. The van der Waals surface area contributed by atoms with Crippen LogP contribution in [0.1, 0.15) is 26.3 Å². The van der Waals surface area contributed by atoms with Gasteiger partial charge in [0, 0.05) is 39.6 Å². The van der Waals surface area contributed by atoms with Gasteiger partial charge in [0.2, 0.25) is 0 Å². The van der Waals surface area contributed by atoms with E-state index in [0.717, 1.165) is 28.2 Å². The molecule has 0 spiro atoms. The summed E-state index contributed by atoms with van der Waals surface area (Å²) in [6, 6.07) is 26.8. The van der Waals surface area contributed by atoms with Gasteiger partial charge in [-0.3, -0.25) is 9.97 Å². The molecule has 0 atom stereocenters. The van der Waals surface area contributed by atoms with Crippen LogP contribution < -0.4 is 0 Å². The molecule has 3 nitrogen and oxygen atoms in total. The topological polar surface area (TPSA) is 46.0 Å². The molecule has 154 valence electrons. The third-order valence-corrected chi connectivity index (χ3v) is 4.88. The summed E-state index contributed by atoms with van der Waals surface area (Å²) in [6.45, 7) is 6.58. The SMILES string of the molecule is CC(C)(C)c1cc(-c2ccccn2)[c-]c(-c2cccc(-c3ccccc3O)n2)c1.[Ni]. The van der Waals surface area contributed by atoms with E-state index in [1.807, 2.05) is 54.6 Å². The van der Waals surface area contributed by atoms with Crippen molar-refractivity contribution >= 4 is 0 Å². The molecular formula is C26H23N2NiO-. The van der Waals surface area contributed by atoms with Crippen LogP contribution in [0.2, 0.25) is 0 Å². The van der Waals surface area contributed by atoms with E-state index in [1.165, 1.54) is 5.56 Å². The number of phenols is 1. The molecule has 0 bridgehead atoms. The second-order valence-corrected chi connectivity index (χ2v) is 8.09. The molecule has 0 aliphatic heterocycles. The number of hydrogen-bond donors (Lipinski definition) is 1. The van der Waals surface area contributed by atoms with Crippen LogP contribution in [0.3, 0.4) is 0 Å². The molecule has 0 saturated carbocycles. The Kier molecular flexibility index (Phi) is 6.38. The molecule has 4 heteroatoms. The molecule has 0 aliphatic rings. The van der Waals surface area contributed by atoms with Gasteiger partial charge in [0.1, 0.15) is 5.75 Å². The Hall–Kier alpha value is -2.97. The maximum absolute atomic E-state index is 10.2. The Bertz CT molecular complexity index is 1150. The predicted octanol–water partition coefficient (Wildman–Crippen LogP) is 6.28. The minimum Gasteiger partial charge on any atom is -0.507 e. The standard InChI is InChI=1S/C26H23N2O.Ni/c1-26(2,3)20-16-18(22-10-6-7-14-27-22)15-19(17-20)23-11-8-12-24(28-23)21-9-4-5-13-25(21)29;/h4-14,16-17,29H,1-3H3;/q-1;. The van der Waals surface area contributed by atoms with E-state index in [9.17, 15) is 5.11 Å². The molecule has 0 saturated heterocycles. The zero-order valence-corrected chi connectivity index (χ0v) is 18.2. The number of hydrogen-bond acceptors (Lipinski definition) is 3. The van der Waals surface area contributed by atoms with E-state index in [4.69, 9.17) is 4.98 Å². The normalized spacial score (nSPS) is 11.0. The number of pyridine rings is 2. The minimum absolute atomic E-state index is 0. The van der Waals surface area contributed by atoms with Gasteiger partial charge < -0.3 is 5.11 Å². The molecule has 0 radical (unpaired) electrons. The summed E-state index contributed by atoms with van der Waals surface area (Å²) in [5, 5.41) is 10.2. The van der Waals surface area contributed by atoms with Gasteiger partial charge in [-0.1, -0.05) is 68.3 Å². The number of aromatic hydroxyl groups is 1. The molecule has 0 unspecified atom stereocenters. The molecule has 2 aromatic carbocycles. The van der Waals surface area contributed by atoms with Gasteiger partial charge >= 0.3 is 0 Å². The first-order valence-corrected chi connectivity index (χ1v) is 9.67. The van der Waals surface area contributed by atoms with E-state index in [2.05, 4.69) is 44.0 Å². The van der Waals surface area contributed by atoms with Gasteiger partial charge in [-0.25, -0.2) is 0 Å². The van der Waals surface area contributed by atoms with E-state index in [1.54, 1.807) is 12.3 Å². The number of aromatic nitrogens is 2. The quantitative estimate of drug-likeness (QED) is 0.303. The number of nitrogens with zero attached hydrogens (tertiary/aromatic N) is 2. The molecule has 1 N–H and O–H groups in total. The fourth-order valence-electron chi connectivity index (χ4n) is 3.23. The van der Waals surface area contributed by atoms with Gasteiger partial charge in [-0.2, -0.15) is 0 Å². The average molecular weight is 438 g/mol. The predicted molar refractivity (Wildman–Crippen MR) is 118 cm³/mol. The third-order valence-electron chi connectivity index (χ3n) is 4.88. The second kappa shape index (κ2) is 8.81. The summed E-state index contributed by atoms with van der Waals surface area (Å²) in [4.78, 5) is 9.32. The van der Waals surface area contributed by atoms with Crippen molar-refractivity contribution in [1.82, 2.24) is 9.97 Å². The van der Waals surface area contributed by atoms with Gasteiger partial charge in [-0.15, -0.1) is 23.8 Å². The van der Waals surface area contributed by atoms with Crippen LogP contribution in [0, 0.1) is 6.07 Å². The van der Waals surface area contributed by atoms with E-state index >= 15 is 0 Å². The molecule has 0 fully saturated rings. The third kappa shape index (κ3) is 4.61. The second-order valence-electron chi connectivity index (χ2n) is 8.09. The number of para-hydroxylation sites is 1. The van der Waals surface area contributed by atoms with Crippen molar-refractivity contribution in [1.29, 1.82) is 0 Å². The maximum Gasteiger partial charge on any atom is 0.124 e. The molecule has 4 rings (SSSR count). The smallest absolute Gasteiger partial charge is 0.124 e. The van der Waals surface area contributed by atoms with E-state index in [0.29, 0.717) is 5.56 Å². The van der Waals surface area contributed by atoms with Crippen molar-refractivity contribution in [3.63, 3.8) is 0 Å². The molecular weight excluding hydrogens is 415 g/mol. The molecule has 4 aromatic rings. The Labute approximate surface area is 187 Å². The number of rotatable bonds is 3. The van der Waals surface area contributed by atoms with Crippen molar-refractivity contribution in [2.24, 2.45) is 0 Å². The van der Waals surface area contributed by atoms with Crippen molar-refractivity contribution in [2.45, 2.75) is 26.2 Å². The first-order chi connectivity index (χ1) is 13.9. The Balaban J connectivity index is 0.00000256. The van der Waals surface area contributed by atoms with Crippen molar-refractivity contribution < 1.29 is 21.6 Å². The molecule has 0 amide bonds. The largest absolute Gasteiger partial charge is 0.507 e. The van der Waals surface area contributed by atoms with Crippen LogP contribution in [-0.2, 0) is 21.9 Å². The van der Waals surface area contributed by atoms with Gasteiger partial charge in [0.15, 0.2) is 0 Å². The zero-order chi connectivity index (χ0) is 20.4. The van der Waals surface area contributed by atoms with Crippen LogP contribution in [-0.4, -0.2) is 15.1 Å². The molecule has 2 heterocycles. The molecule has 0 aliphatic carbocycles. The Morgan fingerprint density at radius 1 is 0.767 bits per heavy atom. The molecule has 2 aromatic heterocycles. The first-order valence-electron chi connectivity index (χ1n) is 9.67. The fourth-order valence-corrected chi connectivity index (χ4v) is 3.23. The van der Waals surface area contributed by atoms with Crippen molar-refractivity contribution in [3.05, 3.63) is 90.6 Å². The van der Waals surface area contributed by atoms with Crippen LogP contribution >= 0.6 is 0 Å². The maximum atomic E-state index is 10.2. The number of phenolic OH excluding ortho intramolecular Hbond substituents is 1. The summed E-state index contributed by atoms with van der Waals surface area (Å²) in [7, 11) is 0. The summed E-state index contributed by atoms with van der Waals surface area (Å²) < 4.78 is 0. The van der Waals surface area contributed by atoms with Crippen LogP contribution in [0.4, 0.5) is 0 Å². The van der Waals surface area contributed by atoms with E-state index < -0.39 is 0 Å². The molecule has 30 heavy (non-hydrogen) atoms. The fraction of sp³-hybridized carbons (Fsp3) is 0.154. The summed E-state index contributed by atoms with van der Waals surface area (Å²) in [5.41, 5.74) is 6.18. The van der Waals surface area contributed by atoms with Crippen LogP contribution in [0.5, 0.6) is 5.75 Å². The van der Waals surface area contributed by atoms with Gasteiger partial charge in [0.05, 0.1) is 5.69 Å².